The average Bonchev–Trinajstić information content (AvgIpc) is 2.91. The molecular formula is C32H44N6O5. The van der Waals surface area contributed by atoms with Crippen molar-refractivity contribution in [1.29, 1.82) is 0 Å². The number of alkyl carbamates (subject to hydrolysis) is 1. The van der Waals surface area contributed by atoms with Gasteiger partial charge in [-0.2, -0.15) is 0 Å². The minimum absolute atomic E-state index is 0.0439. The molecule has 0 spiro atoms. The fourth-order valence-corrected chi connectivity index (χ4v) is 4.50. The van der Waals surface area contributed by atoms with Crippen molar-refractivity contribution in [1.82, 2.24) is 25.2 Å². The zero-order chi connectivity index (χ0) is 31.6. The van der Waals surface area contributed by atoms with E-state index in [1.54, 1.807) is 39.4 Å². The molecule has 0 fully saturated rings. The number of amides is 2. The van der Waals surface area contributed by atoms with Crippen LogP contribution in [0, 0.1) is 5.92 Å². The first-order valence-corrected chi connectivity index (χ1v) is 14.4. The summed E-state index contributed by atoms with van der Waals surface area (Å²) in [5, 5.41) is 15.3. The maximum Gasteiger partial charge on any atom is 0.410 e. The third-order valence-corrected chi connectivity index (χ3v) is 6.08. The van der Waals surface area contributed by atoms with Crippen LogP contribution in [0.4, 0.5) is 21.1 Å². The number of aliphatic hydroxyl groups is 1. The van der Waals surface area contributed by atoms with Gasteiger partial charge in [0.2, 0.25) is 0 Å². The number of benzene rings is 1. The minimum atomic E-state index is -0.667. The van der Waals surface area contributed by atoms with Crippen LogP contribution in [0.3, 0.4) is 0 Å². The highest BCUT2D eigenvalue weighted by molar-refractivity contribution is 5.70. The van der Waals surface area contributed by atoms with Gasteiger partial charge in [-0.3, -0.25) is 4.90 Å². The number of ether oxygens (including phenoxy) is 2. The Morgan fingerprint density at radius 1 is 0.977 bits per heavy atom. The van der Waals surface area contributed by atoms with Crippen molar-refractivity contribution >= 4 is 23.7 Å². The van der Waals surface area contributed by atoms with Crippen molar-refractivity contribution in [3.8, 4) is 11.1 Å². The van der Waals surface area contributed by atoms with Gasteiger partial charge in [0.1, 0.15) is 22.8 Å². The molecule has 3 rings (SSSR count). The second kappa shape index (κ2) is 14.8. The quantitative estimate of drug-likeness (QED) is 0.229. The second-order valence-electron chi connectivity index (χ2n) is 12.4. The van der Waals surface area contributed by atoms with Gasteiger partial charge in [0, 0.05) is 42.9 Å². The molecule has 2 heterocycles. The van der Waals surface area contributed by atoms with Crippen molar-refractivity contribution in [2.45, 2.75) is 79.2 Å². The maximum absolute atomic E-state index is 13.2. The summed E-state index contributed by atoms with van der Waals surface area (Å²) in [5.74, 6) is 1.40. The molecule has 11 heteroatoms. The van der Waals surface area contributed by atoms with Gasteiger partial charge < -0.3 is 25.2 Å². The monoisotopic (exact) mass is 592 g/mol. The molecule has 0 unspecified atom stereocenters. The molecule has 0 aliphatic heterocycles. The summed E-state index contributed by atoms with van der Waals surface area (Å²) in [6.45, 7) is 13.7. The van der Waals surface area contributed by atoms with E-state index >= 15 is 0 Å². The maximum atomic E-state index is 13.2. The number of hydrogen-bond donors (Lipinski definition) is 3. The van der Waals surface area contributed by atoms with E-state index in [0.29, 0.717) is 24.0 Å². The summed E-state index contributed by atoms with van der Waals surface area (Å²) >= 11 is 0. The van der Waals surface area contributed by atoms with Crippen molar-refractivity contribution in [3.05, 3.63) is 66.4 Å². The fraction of sp³-hybridized carbons (Fsp3) is 0.469. The first-order valence-electron chi connectivity index (χ1n) is 14.4. The highest BCUT2D eigenvalue weighted by Gasteiger charge is 2.28. The average molecular weight is 593 g/mol. The first kappa shape index (κ1) is 33.3. The largest absolute Gasteiger partial charge is 0.444 e. The molecule has 0 atom stereocenters. The van der Waals surface area contributed by atoms with Gasteiger partial charge in [-0.25, -0.2) is 24.5 Å². The van der Waals surface area contributed by atoms with E-state index < -0.39 is 23.4 Å². The molecule has 2 aromatic heterocycles. The fourth-order valence-electron chi connectivity index (χ4n) is 4.50. The Kier molecular flexibility index (Phi) is 11.4. The van der Waals surface area contributed by atoms with Gasteiger partial charge in [0.05, 0.1) is 13.2 Å². The van der Waals surface area contributed by atoms with Crippen LogP contribution in [0.2, 0.25) is 0 Å². The number of rotatable bonds is 12. The van der Waals surface area contributed by atoms with Crippen LogP contribution in [0.5, 0.6) is 0 Å². The molecule has 3 aromatic rings. The molecule has 43 heavy (non-hydrogen) atoms. The number of aromatic nitrogens is 3. The number of hydrogen-bond acceptors (Lipinski definition) is 9. The van der Waals surface area contributed by atoms with Crippen LogP contribution < -0.4 is 10.6 Å². The minimum Gasteiger partial charge on any atom is -0.444 e. The number of carbonyl (C=O) groups is 2. The molecule has 2 amide bonds. The van der Waals surface area contributed by atoms with Crippen LogP contribution >= 0.6 is 0 Å². The predicted octanol–water partition coefficient (Wildman–Crippen LogP) is 6.06. The lowest BCUT2D eigenvalue weighted by Gasteiger charge is -2.31. The van der Waals surface area contributed by atoms with Crippen molar-refractivity contribution in [2.75, 3.05) is 18.4 Å². The summed E-state index contributed by atoms with van der Waals surface area (Å²) in [5.41, 5.74) is 1.95. The van der Waals surface area contributed by atoms with Crippen LogP contribution in [-0.4, -0.2) is 61.4 Å². The van der Waals surface area contributed by atoms with Gasteiger partial charge in [0.15, 0.2) is 0 Å². The summed E-state index contributed by atoms with van der Waals surface area (Å²) in [4.78, 5) is 40.3. The van der Waals surface area contributed by atoms with Crippen molar-refractivity contribution in [3.63, 3.8) is 0 Å². The number of carbonyl (C=O) groups excluding carboxylic acids is 2. The first-order chi connectivity index (χ1) is 20.2. The molecule has 0 radical (unpaired) electrons. The summed E-state index contributed by atoms with van der Waals surface area (Å²) in [7, 11) is 0. The second-order valence-corrected chi connectivity index (χ2v) is 12.4. The Bertz CT molecular complexity index is 1350. The smallest absolute Gasteiger partial charge is 0.410 e. The number of anilines is 2. The highest BCUT2D eigenvalue weighted by Crippen LogP contribution is 2.24. The number of nitrogens with zero attached hydrogens (tertiary/aromatic N) is 4. The van der Waals surface area contributed by atoms with E-state index in [2.05, 4.69) is 39.4 Å². The molecule has 0 saturated heterocycles. The standard InChI is InChI=1S/C32H44N6O5/c1-22(2)17-32(6,7)43-30(41)38(14-13-34-29(40)42-31(3,4)5)20-28-35-18-25(19-36-28)24-11-12-33-27(16-24)37-26-10-8-9-23(15-26)21-39/h8-12,15-16,18-19,22,39H,13-14,17,20-21H2,1-7H3,(H,33,37)(H,34,40). The van der Waals surface area contributed by atoms with Gasteiger partial charge in [-0.1, -0.05) is 26.0 Å². The van der Waals surface area contributed by atoms with Gasteiger partial charge in [0.25, 0.3) is 0 Å². The summed E-state index contributed by atoms with van der Waals surface area (Å²) in [6, 6.07) is 11.2. The van der Waals surface area contributed by atoms with Crippen LogP contribution in [0.25, 0.3) is 11.1 Å². The summed E-state index contributed by atoms with van der Waals surface area (Å²) in [6.07, 6.45) is 4.70. The Hall–Kier alpha value is -4.25. The Labute approximate surface area is 254 Å². The SMILES string of the molecule is CC(C)CC(C)(C)OC(=O)N(CCNC(=O)OC(C)(C)C)Cc1ncc(-c2ccnc(Nc3cccc(CO)c3)c2)cn1. The zero-order valence-electron chi connectivity index (χ0n) is 26.2. The van der Waals surface area contributed by atoms with Gasteiger partial charge in [-0.05, 0) is 82.3 Å². The Morgan fingerprint density at radius 3 is 2.35 bits per heavy atom. The Morgan fingerprint density at radius 2 is 1.70 bits per heavy atom. The normalized spacial score (nSPS) is 11.7. The number of aliphatic hydroxyl groups excluding tert-OH is 1. The molecule has 1 aromatic carbocycles. The van der Waals surface area contributed by atoms with E-state index in [4.69, 9.17) is 9.47 Å². The van der Waals surface area contributed by atoms with E-state index in [1.165, 1.54) is 4.90 Å². The third-order valence-electron chi connectivity index (χ3n) is 6.08. The van der Waals surface area contributed by atoms with Gasteiger partial charge >= 0.3 is 12.2 Å². The highest BCUT2D eigenvalue weighted by atomic mass is 16.6. The molecular weight excluding hydrogens is 548 g/mol. The topological polar surface area (TPSA) is 139 Å². The van der Waals surface area contributed by atoms with E-state index in [9.17, 15) is 14.7 Å². The van der Waals surface area contributed by atoms with Gasteiger partial charge in [-0.15, -0.1) is 0 Å². The molecule has 232 valence electrons. The zero-order valence-corrected chi connectivity index (χ0v) is 26.2. The van der Waals surface area contributed by atoms with Crippen LogP contribution in [-0.2, 0) is 22.6 Å². The predicted molar refractivity (Wildman–Crippen MR) is 166 cm³/mol. The number of pyridine rings is 1. The number of nitrogens with one attached hydrogen (secondary N) is 2. The van der Waals surface area contributed by atoms with E-state index in [-0.39, 0.29) is 26.2 Å². The third kappa shape index (κ3) is 11.5. The van der Waals surface area contributed by atoms with Crippen LogP contribution in [0.15, 0.2) is 55.0 Å². The molecule has 3 N–H and O–H groups in total. The molecule has 0 saturated carbocycles. The molecule has 11 nitrogen and oxygen atoms in total. The lowest BCUT2D eigenvalue weighted by atomic mass is 9.96. The summed E-state index contributed by atoms with van der Waals surface area (Å²) < 4.78 is 11.2. The lowest BCUT2D eigenvalue weighted by Crippen LogP contribution is -2.43. The van der Waals surface area contributed by atoms with Crippen molar-refractivity contribution in [2.24, 2.45) is 5.92 Å². The molecule has 0 aliphatic rings. The van der Waals surface area contributed by atoms with Crippen LogP contribution in [0.1, 0.15) is 66.3 Å². The molecule has 0 bridgehead atoms. The molecule has 0 aliphatic carbocycles. The Balaban J connectivity index is 1.71. The van der Waals surface area contributed by atoms with E-state index in [0.717, 1.165) is 22.4 Å². The van der Waals surface area contributed by atoms with Crippen molar-refractivity contribution < 1.29 is 24.2 Å². The lowest BCUT2D eigenvalue weighted by molar-refractivity contribution is -0.000463. The van der Waals surface area contributed by atoms with E-state index in [1.807, 2.05) is 50.2 Å².